The van der Waals surface area contributed by atoms with Crippen LogP contribution in [0.15, 0.2) is 6.07 Å². The number of rotatable bonds is 2. The molecule has 4 fully saturated rings. The Morgan fingerprint density at radius 2 is 1.76 bits per heavy atom. The molecule has 164 valence electrons. The Balaban J connectivity index is 0.000000171. The SMILES string of the molecule is FC(F)(F)c1cc(C2CCCCC2)n(C2CCC2)n1.O=S1(=O)CC2(CCNC2)C1. The molecule has 3 heterocycles. The van der Waals surface area contributed by atoms with E-state index in [2.05, 4.69) is 10.4 Å². The van der Waals surface area contributed by atoms with Crippen molar-refractivity contribution in [2.45, 2.75) is 75.9 Å². The molecule has 0 atom stereocenters. The Morgan fingerprint density at radius 1 is 1.07 bits per heavy atom. The first-order valence-electron chi connectivity index (χ1n) is 10.8. The molecule has 1 spiro atoms. The van der Waals surface area contributed by atoms with Crippen molar-refractivity contribution in [3.8, 4) is 0 Å². The van der Waals surface area contributed by atoms with Gasteiger partial charge in [-0.15, -0.1) is 0 Å². The normalized spacial score (nSPS) is 26.4. The second kappa shape index (κ2) is 7.87. The van der Waals surface area contributed by atoms with E-state index in [4.69, 9.17) is 0 Å². The summed E-state index contributed by atoms with van der Waals surface area (Å²) in [5, 5.41) is 7.06. The van der Waals surface area contributed by atoms with Crippen LogP contribution >= 0.6 is 0 Å². The Bertz CT molecular complexity index is 805. The highest BCUT2D eigenvalue weighted by Crippen LogP contribution is 2.41. The molecule has 9 heteroatoms. The van der Waals surface area contributed by atoms with E-state index >= 15 is 0 Å². The molecule has 2 aliphatic carbocycles. The Hall–Kier alpha value is -1.09. The number of alkyl halides is 3. The first-order valence-corrected chi connectivity index (χ1v) is 12.6. The fraction of sp³-hybridized carbons (Fsp3) is 0.850. The van der Waals surface area contributed by atoms with Crippen molar-refractivity contribution in [1.82, 2.24) is 15.1 Å². The highest BCUT2D eigenvalue weighted by molar-refractivity contribution is 7.92. The van der Waals surface area contributed by atoms with E-state index in [1.165, 1.54) is 12.5 Å². The lowest BCUT2D eigenvalue weighted by atomic mass is 9.85. The van der Waals surface area contributed by atoms with Crippen molar-refractivity contribution >= 4 is 9.84 Å². The van der Waals surface area contributed by atoms with Crippen LogP contribution < -0.4 is 5.32 Å². The topological polar surface area (TPSA) is 64.0 Å². The number of aromatic nitrogens is 2. The van der Waals surface area contributed by atoms with Gasteiger partial charge in [0.05, 0.1) is 17.5 Å². The monoisotopic (exact) mass is 433 g/mol. The molecule has 29 heavy (non-hydrogen) atoms. The Labute approximate surface area is 170 Å². The lowest BCUT2D eigenvalue weighted by Gasteiger charge is -2.36. The molecule has 0 amide bonds. The zero-order valence-electron chi connectivity index (χ0n) is 16.7. The molecule has 0 bridgehead atoms. The van der Waals surface area contributed by atoms with Crippen molar-refractivity contribution in [3.05, 3.63) is 17.5 Å². The summed E-state index contributed by atoms with van der Waals surface area (Å²) in [5.41, 5.74) is 0.274. The van der Waals surface area contributed by atoms with Gasteiger partial charge >= 0.3 is 6.18 Å². The summed E-state index contributed by atoms with van der Waals surface area (Å²) in [7, 11) is -2.61. The highest BCUT2D eigenvalue weighted by atomic mass is 32.2. The second-order valence-corrected chi connectivity index (χ2v) is 11.3. The van der Waals surface area contributed by atoms with Gasteiger partial charge in [-0.3, -0.25) is 4.68 Å². The lowest BCUT2D eigenvalue weighted by molar-refractivity contribution is -0.141. The van der Waals surface area contributed by atoms with E-state index in [1.54, 1.807) is 4.68 Å². The first-order chi connectivity index (χ1) is 13.7. The number of nitrogens with one attached hydrogen (secondary N) is 1. The number of hydrogen-bond acceptors (Lipinski definition) is 4. The van der Waals surface area contributed by atoms with Crippen molar-refractivity contribution in [3.63, 3.8) is 0 Å². The average Bonchev–Trinajstić information content (AvgIpc) is 3.21. The largest absolute Gasteiger partial charge is 0.435 e. The molecule has 5 rings (SSSR count). The van der Waals surface area contributed by atoms with Crippen LogP contribution in [-0.2, 0) is 16.0 Å². The van der Waals surface area contributed by atoms with Crippen molar-refractivity contribution in [2.75, 3.05) is 24.6 Å². The molecule has 1 aromatic rings. The number of halogens is 3. The molecule has 0 radical (unpaired) electrons. The van der Waals surface area contributed by atoms with Crippen LogP contribution in [-0.4, -0.2) is 42.8 Å². The Morgan fingerprint density at radius 3 is 2.24 bits per heavy atom. The molecule has 0 aromatic carbocycles. The standard InChI is InChI=1S/C14H19F3N2.C6H11NO2S/c15-14(16,17)13-9-12(10-5-2-1-3-6-10)19(18-13)11-7-4-8-11;8-10(9)4-6(5-10)1-2-7-3-6/h9-11H,1-8H2;7H,1-5H2. The predicted molar refractivity (Wildman–Crippen MR) is 105 cm³/mol. The molecule has 1 aromatic heterocycles. The lowest BCUT2D eigenvalue weighted by Crippen LogP contribution is -2.49. The molecule has 2 saturated heterocycles. The number of sulfone groups is 1. The predicted octanol–water partition coefficient (Wildman–Crippen LogP) is 4.07. The minimum absolute atomic E-state index is 0.152. The molecule has 2 aliphatic heterocycles. The maximum Gasteiger partial charge on any atom is 0.435 e. The third-order valence-electron chi connectivity index (χ3n) is 6.88. The van der Waals surface area contributed by atoms with Gasteiger partial charge in [-0.25, -0.2) is 8.42 Å². The molecule has 0 unspecified atom stereocenters. The van der Waals surface area contributed by atoms with E-state index in [-0.39, 0.29) is 17.4 Å². The zero-order valence-corrected chi connectivity index (χ0v) is 17.5. The quantitative estimate of drug-likeness (QED) is 0.764. The van der Waals surface area contributed by atoms with Crippen molar-refractivity contribution in [1.29, 1.82) is 0 Å². The molecule has 5 nitrogen and oxygen atoms in total. The highest BCUT2D eigenvalue weighted by Gasteiger charge is 2.49. The van der Waals surface area contributed by atoms with E-state index in [9.17, 15) is 21.6 Å². The molecule has 1 N–H and O–H groups in total. The van der Waals surface area contributed by atoms with Crippen LogP contribution in [0.25, 0.3) is 0 Å². The maximum atomic E-state index is 12.9. The van der Waals surface area contributed by atoms with Gasteiger partial charge in [0.1, 0.15) is 0 Å². The fourth-order valence-electron chi connectivity index (χ4n) is 5.11. The van der Waals surface area contributed by atoms with Crippen LogP contribution in [0.4, 0.5) is 13.2 Å². The summed E-state index contributed by atoms with van der Waals surface area (Å²) < 4.78 is 61.9. The second-order valence-electron chi connectivity index (χ2n) is 9.28. The summed E-state index contributed by atoms with van der Waals surface area (Å²) in [6, 6.07) is 1.50. The summed E-state index contributed by atoms with van der Waals surface area (Å²) in [5.74, 6) is 1.12. The van der Waals surface area contributed by atoms with Gasteiger partial charge in [0, 0.05) is 23.6 Å². The van der Waals surface area contributed by atoms with Crippen LogP contribution in [0, 0.1) is 5.41 Å². The van der Waals surface area contributed by atoms with Gasteiger partial charge in [-0.2, -0.15) is 18.3 Å². The van der Waals surface area contributed by atoms with Gasteiger partial charge in [-0.1, -0.05) is 19.3 Å². The summed E-state index contributed by atoms with van der Waals surface area (Å²) in [6.07, 6.45) is 5.26. The first kappa shape index (κ1) is 21.2. The number of nitrogens with zero attached hydrogens (tertiary/aromatic N) is 2. The molecule has 2 saturated carbocycles. The summed E-state index contributed by atoms with van der Waals surface area (Å²) in [6.45, 7) is 1.90. The van der Waals surface area contributed by atoms with Gasteiger partial charge < -0.3 is 5.32 Å². The van der Waals surface area contributed by atoms with Gasteiger partial charge in [0.2, 0.25) is 0 Å². The van der Waals surface area contributed by atoms with Crippen LogP contribution in [0.1, 0.15) is 81.1 Å². The van der Waals surface area contributed by atoms with E-state index in [1.807, 2.05) is 0 Å². The smallest absolute Gasteiger partial charge is 0.316 e. The minimum Gasteiger partial charge on any atom is -0.316 e. The van der Waals surface area contributed by atoms with E-state index in [0.29, 0.717) is 11.5 Å². The average molecular weight is 434 g/mol. The molecular weight excluding hydrogens is 403 g/mol. The van der Waals surface area contributed by atoms with Gasteiger partial charge in [0.25, 0.3) is 0 Å². The third kappa shape index (κ3) is 4.65. The maximum absolute atomic E-state index is 12.9. The summed E-state index contributed by atoms with van der Waals surface area (Å²) >= 11 is 0. The van der Waals surface area contributed by atoms with E-state index in [0.717, 1.165) is 70.2 Å². The third-order valence-corrected chi connectivity index (χ3v) is 8.99. The van der Waals surface area contributed by atoms with Crippen LogP contribution in [0.2, 0.25) is 0 Å². The van der Waals surface area contributed by atoms with Crippen LogP contribution in [0.3, 0.4) is 0 Å². The van der Waals surface area contributed by atoms with Crippen LogP contribution in [0.5, 0.6) is 0 Å². The summed E-state index contributed by atoms with van der Waals surface area (Å²) in [4.78, 5) is 0. The molecular formula is C20H30F3N3O2S. The fourth-order valence-corrected chi connectivity index (χ4v) is 7.38. The minimum atomic E-state index is -4.32. The van der Waals surface area contributed by atoms with Gasteiger partial charge in [0.15, 0.2) is 15.5 Å². The van der Waals surface area contributed by atoms with Gasteiger partial charge in [-0.05, 0) is 51.1 Å². The van der Waals surface area contributed by atoms with E-state index < -0.39 is 21.7 Å². The van der Waals surface area contributed by atoms with Crippen molar-refractivity contribution < 1.29 is 21.6 Å². The zero-order chi connectivity index (χ0) is 20.7. The Kier molecular flexibility index (Phi) is 5.74. The molecule has 4 aliphatic rings. The number of hydrogen-bond donors (Lipinski definition) is 1. The van der Waals surface area contributed by atoms with Crippen molar-refractivity contribution in [2.24, 2.45) is 5.41 Å².